The number of sulfonamides is 1. The van der Waals surface area contributed by atoms with Crippen LogP contribution in [-0.4, -0.2) is 79.9 Å². The Hall–Kier alpha value is -1.63. The van der Waals surface area contributed by atoms with Crippen LogP contribution in [0, 0.1) is 17.8 Å². The predicted molar refractivity (Wildman–Crippen MR) is 108 cm³/mol. The van der Waals surface area contributed by atoms with Crippen molar-refractivity contribution in [1.82, 2.24) is 9.21 Å². The summed E-state index contributed by atoms with van der Waals surface area (Å²) in [5, 5.41) is 19.0. The van der Waals surface area contributed by atoms with Crippen LogP contribution in [0.1, 0.15) is 26.3 Å². The van der Waals surface area contributed by atoms with Gasteiger partial charge in [-0.15, -0.1) is 0 Å². The molecule has 4 atom stereocenters. The van der Waals surface area contributed by atoms with E-state index in [4.69, 9.17) is 4.74 Å². The first-order valence-electron chi connectivity index (χ1n) is 9.34. The van der Waals surface area contributed by atoms with Crippen molar-refractivity contribution in [3.63, 3.8) is 0 Å². The normalized spacial score (nSPS) is 24.1. The standard InChI is InChI=1S/C20H30N2O5S/c1-14-11-22(15(2)13-23)28(25,26)20-9-8-17(7-6-16(3)24)10-18(20)27-19(14)12-21(4)5/h8-10,14-16,19,23-24H,11-13H2,1-5H3/t14-,15-,16-,19+/m0/s1. The van der Waals surface area contributed by atoms with Crippen LogP contribution in [0.5, 0.6) is 5.75 Å². The molecule has 2 N–H and O–H groups in total. The number of hydrogen-bond acceptors (Lipinski definition) is 6. The number of aliphatic hydroxyl groups is 2. The van der Waals surface area contributed by atoms with Crippen LogP contribution in [0.25, 0.3) is 0 Å². The summed E-state index contributed by atoms with van der Waals surface area (Å²) in [5.41, 5.74) is 0.563. The quantitative estimate of drug-likeness (QED) is 0.712. The van der Waals surface area contributed by atoms with Gasteiger partial charge in [0.05, 0.1) is 6.61 Å². The fourth-order valence-corrected chi connectivity index (χ4v) is 4.89. The van der Waals surface area contributed by atoms with Crippen LogP contribution < -0.4 is 4.74 Å². The van der Waals surface area contributed by atoms with Gasteiger partial charge in [0.2, 0.25) is 10.0 Å². The van der Waals surface area contributed by atoms with E-state index in [0.29, 0.717) is 12.1 Å². The van der Waals surface area contributed by atoms with E-state index < -0.39 is 22.2 Å². The number of ether oxygens (including phenoxy) is 1. The molecule has 2 rings (SSSR count). The molecule has 0 bridgehead atoms. The second-order valence-corrected chi connectivity index (χ2v) is 9.47. The smallest absolute Gasteiger partial charge is 0.247 e. The largest absolute Gasteiger partial charge is 0.487 e. The molecule has 0 saturated heterocycles. The van der Waals surface area contributed by atoms with Gasteiger partial charge in [0.15, 0.2) is 0 Å². The minimum Gasteiger partial charge on any atom is -0.487 e. The lowest BCUT2D eigenvalue weighted by molar-refractivity contribution is 0.0812. The molecule has 8 heteroatoms. The zero-order chi connectivity index (χ0) is 21.1. The monoisotopic (exact) mass is 410 g/mol. The summed E-state index contributed by atoms with van der Waals surface area (Å²) in [6.07, 6.45) is -1.02. The average Bonchev–Trinajstić information content (AvgIpc) is 2.61. The minimum absolute atomic E-state index is 0.0612. The third-order valence-corrected chi connectivity index (χ3v) is 6.66. The van der Waals surface area contributed by atoms with E-state index in [1.165, 1.54) is 10.4 Å². The number of benzene rings is 1. The molecule has 1 heterocycles. The number of rotatable bonds is 4. The molecule has 0 unspecified atom stereocenters. The van der Waals surface area contributed by atoms with Gasteiger partial charge in [-0.1, -0.05) is 18.8 Å². The Kier molecular flexibility index (Phi) is 7.48. The molecule has 0 spiro atoms. The van der Waals surface area contributed by atoms with Crippen molar-refractivity contribution in [2.75, 3.05) is 33.8 Å². The molecule has 28 heavy (non-hydrogen) atoms. The predicted octanol–water partition coefficient (Wildman–Crippen LogP) is 0.749. The fraction of sp³-hybridized carbons (Fsp3) is 0.600. The highest BCUT2D eigenvalue weighted by atomic mass is 32.2. The highest BCUT2D eigenvalue weighted by Gasteiger charge is 2.37. The van der Waals surface area contributed by atoms with Gasteiger partial charge in [0, 0.05) is 30.6 Å². The molecule has 0 saturated carbocycles. The van der Waals surface area contributed by atoms with Crippen molar-refractivity contribution < 1.29 is 23.4 Å². The maximum absolute atomic E-state index is 13.3. The van der Waals surface area contributed by atoms with Crippen molar-refractivity contribution in [3.05, 3.63) is 23.8 Å². The first-order valence-corrected chi connectivity index (χ1v) is 10.8. The SMILES string of the molecule is C[C@H](O)C#Cc1ccc2c(c1)O[C@H](CN(C)C)[C@@H](C)CN([C@@H](C)CO)S2(=O)=O. The Bertz CT molecular complexity index is 842. The highest BCUT2D eigenvalue weighted by Crippen LogP contribution is 2.34. The summed E-state index contributed by atoms with van der Waals surface area (Å²) in [4.78, 5) is 2.06. The molecule has 1 aromatic carbocycles. The van der Waals surface area contributed by atoms with E-state index in [2.05, 4.69) is 11.8 Å². The molecule has 0 amide bonds. The topological polar surface area (TPSA) is 90.3 Å². The third-order valence-electron chi connectivity index (χ3n) is 4.64. The lowest BCUT2D eigenvalue weighted by Gasteiger charge is -2.37. The zero-order valence-corrected chi connectivity index (χ0v) is 17.9. The Morgan fingerprint density at radius 3 is 2.61 bits per heavy atom. The Labute approximate surface area is 168 Å². The van der Waals surface area contributed by atoms with E-state index in [-0.39, 0.29) is 35.8 Å². The van der Waals surface area contributed by atoms with Gasteiger partial charge in [0.25, 0.3) is 0 Å². The van der Waals surface area contributed by atoms with Crippen LogP contribution in [0.2, 0.25) is 0 Å². The fourth-order valence-electron chi connectivity index (χ4n) is 3.07. The number of nitrogens with zero attached hydrogens (tertiary/aromatic N) is 2. The maximum atomic E-state index is 13.3. The Balaban J connectivity index is 2.61. The molecular formula is C20H30N2O5S. The van der Waals surface area contributed by atoms with Gasteiger partial charge < -0.3 is 19.8 Å². The van der Waals surface area contributed by atoms with Crippen LogP contribution in [-0.2, 0) is 10.0 Å². The average molecular weight is 411 g/mol. The van der Waals surface area contributed by atoms with Gasteiger partial charge in [-0.3, -0.25) is 0 Å². The molecule has 1 aliphatic rings. The van der Waals surface area contributed by atoms with Crippen molar-refractivity contribution in [2.45, 2.75) is 43.9 Å². The molecule has 1 aromatic rings. The molecule has 0 radical (unpaired) electrons. The third kappa shape index (κ3) is 5.25. The summed E-state index contributed by atoms with van der Waals surface area (Å²) >= 11 is 0. The van der Waals surface area contributed by atoms with Gasteiger partial charge in [-0.05, 0) is 46.1 Å². The summed E-state index contributed by atoms with van der Waals surface area (Å²) in [6, 6.07) is 4.14. The van der Waals surface area contributed by atoms with E-state index in [9.17, 15) is 18.6 Å². The number of aliphatic hydroxyl groups excluding tert-OH is 2. The lowest BCUT2D eigenvalue weighted by atomic mass is 10.0. The van der Waals surface area contributed by atoms with Crippen LogP contribution in [0.4, 0.5) is 0 Å². The van der Waals surface area contributed by atoms with E-state index in [1.54, 1.807) is 26.0 Å². The van der Waals surface area contributed by atoms with E-state index in [1.807, 2.05) is 25.9 Å². The Morgan fingerprint density at radius 2 is 2.04 bits per heavy atom. The second kappa shape index (κ2) is 9.25. The van der Waals surface area contributed by atoms with Crippen molar-refractivity contribution in [1.29, 1.82) is 0 Å². The zero-order valence-electron chi connectivity index (χ0n) is 17.1. The minimum atomic E-state index is -3.85. The van der Waals surface area contributed by atoms with Gasteiger partial charge in [0.1, 0.15) is 22.9 Å². The van der Waals surface area contributed by atoms with E-state index in [0.717, 1.165) is 0 Å². The summed E-state index contributed by atoms with van der Waals surface area (Å²) in [7, 11) is 0.0217. The van der Waals surface area contributed by atoms with Gasteiger partial charge in [-0.25, -0.2) is 8.42 Å². The van der Waals surface area contributed by atoms with Gasteiger partial charge >= 0.3 is 0 Å². The van der Waals surface area contributed by atoms with Crippen molar-refractivity contribution >= 4 is 10.0 Å². The van der Waals surface area contributed by atoms with Gasteiger partial charge in [-0.2, -0.15) is 4.31 Å². The van der Waals surface area contributed by atoms with Crippen LogP contribution in [0.3, 0.4) is 0 Å². The molecule has 0 aromatic heterocycles. The number of fused-ring (bicyclic) bond motifs is 1. The van der Waals surface area contributed by atoms with Crippen LogP contribution >= 0.6 is 0 Å². The second-order valence-electron chi connectivity index (χ2n) is 7.61. The van der Waals surface area contributed by atoms with E-state index >= 15 is 0 Å². The summed E-state index contributed by atoms with van der Waals surface area (Å²) in [5.74, 6) is 5.64. The number of hydrogen-bond donors (Lipinski definition) is 2. The highest BCUT2D eigenvalue weighted by molar-refractivity contribution is 7.89. The molecule has 1 aliphatic heterocycles. The first kappa shape index (κ1) is 22.7. The molecule has 156 valence electrons. The van der Waals surface area contributed by atoms with Crippen molar-refractivity contribution in [2.24, 2.45) is 5.92 Å². The molecule has 7 nitrogen and oxygen atoms in total. The first-order chi connectivity index (χ1) is 13.1. The molecule has 0 fully saturated rings. The number of likely N-dealkylation sites (N-methyl/N-ethyl adjacent to an activating group) is 1. The van der Waals surface area contributed by atoms with Crippen molar-refractivity contribution in [3.8, 4) is 17.6 Å². The van der Waals surface area contributed by atoms with Crippen LogP contribution in [0.15, 0.2) is 23.1 Å². The molecular weight excluding hydrogens is 380 g/mol. The molecule has 0 aliphatic carbocycles. The lowest BCUT2D eigenvalue weighted by Crippen LogP contribution is -2.49. The maximum Gasteiger partial charge on any atom is 0.247 e. The summed E-state index contributed by atoms with van der Waals surface area (Å²) in [6.45, 7) is 5.80. The summed E-state index contributed by atoms with van der Waals surface area (Å²) < 4.78 is 34.1. The Morgan fingerprint density at radius 1 is 1.36 bits per heavy atom.